The van der Waals surface area contributed by atoms with Crippen LogP contribution in [0, 0.1) is 6.92 Å². The van der Waals surface area contributed by atoms with Crippen LogP contribution in [0.4, 0.5) is 5.82 Å². The van der Waals surface area contributed by atoms with Crippen LogP contribution in [0.3, 0.4) is 0 Å². The lowest BCUT2D eigenvalue weighted by atomic mass is 9.92. The van der Waals surface area contributed by atoms with Crippen LogP contribution in [-0.4, -0.2) is 22.1 Å². The molecule has 122 valence electrons. The fourth-order valence-electron chi connectivity index (χ4n) is 3.29. The van der Waals surface area contributed by atoms with Crippen LogP contribution in [0.2, 0.25) is 0 Å². The van der Waals surface area contributed by atoms with Crippen molar-refractivity contribution in [2.24, 2.45) is 0 Å². The molecule has 0 bridgehead atoms. The molecule has 5 nitrogen and oxygen atoms in total. The third kappa shape index (κ3) is 3.29. The van der Waals surface area contributed by atoms with E-state index in [1.165, 1.54) is 5.56 Å². The molecule has 0 unspecified atom stereocenters. The van der Waals surface area contributed by atoms with E-state index in [1.54, 1.807) is 10.8 Å². The van der Waals surface area contributed by atoms with Crippen molar-refractivity contribution < 1.29 is 0 Å². The highest BCUT2D eigenvalue weighted by atomic mass is 16.1. The molecule has 2 N–H and O–H groups in total. The van der Waals surface area contributed by atoms with Gasteiger partial charge in [0.15, 0.2) is 5.82 Å². The quantitative estimate of drug-likeness (QED) is 0.910. The summed E-state index contributed by atoms with van der Waals surface area (Å²) in [6, 6.07) is 10.8. The van der Waals surface area contributed by atoms with E-state index in [-0.39, 0.29) is 17.6 Å². The van der Waals surface area contributed by atoms with Gasteiger partial charge in [0.2, 0.25) is 0 Å². The summed E-state index contributed by atoms with van der Waals surface area (Å²) in [7, 11) is 0. The molecule has 2 atom stereocenters. The highest BCUT2D eigenvalue weighted by molar-refractivity contribution is 5.36. The third-order valence-corrected chi connectivity index (χ3v) is 4.51. The SMILES string of the molecule is CCn1c(C)cnc(N[C@@H]2CCCN[C@H]2c2ccccc2)c1=O. The van der Waals surface area contributed by atoms with Gasteiger partial charge in [0.25, 0.3) is 5.56 Å². The largest absolute Gasteiger partial charge is 0.361 e. The minimum atomic E-state index is -0.0371. The van der Waals surface area contributed by atoms with Crippen LogP contribution in [0.25, 0.3) is 0 Å². The summed E-state index contributed by atoms with van der Waals surface area (Å²) in [6.07, 6.45) is 3.88. The lowest BCUT2D eigenvalue weighted by molar-refractivity contribution is 0.375. The first-order valence-electron chi connectivity index (χ1n) is 8.32. The molecule has 1 aliphatic heterocycles. The summed E-state index contributed by atoms with van der Waals surface area (Å²) < 4.78 is 1.75. The first kappa shape index (κ1) is 15.7. The average Bonchev–Trinajstić information content (AvgIpc) is 2.59. The van der Waals surface area contributed by atoms with E-state index in [0.717, 1.165) is 25.1 Å². The van der Waals surface area contributed by atoms with Crippen LogP contribution >= 0.6 is 0 Å². The Labute approximate surface area is 136 Å². The molecule has 3 rings (SSSR count). The van der Waals surface area contributed by atoms with Crippen molar-refractivity contribution in [1.29, 1.82) is 0 Å². The van der Waals surface area contributed by atoms with E-state index in [4.69, 9.17) is 0 Å². The van der Waals surface area contributed by atoms with Crippen molar-refractivity contribution in [3.8, 4) is 0 Å². The van der Waals surface area contributed by atoms with Crippen molar-refractivity contribution >= 4 is 5.82 Å². The van der Waals surface area contributed by atoms with Gasteiger partial charge in [-0.3, -0.25) is 4.79 Å². The van der Waals surface area contributed by atoms with Crippen molar-refractivity contribution in [2.75, 3.05) is 11.9 Å². The lowest BCUT2D eigenvalue weighted by Gasteiger charge is -2.33. The van der Waals surface area contributed by atoms with E-state index >= 15 is 0 Å². The molecule has 1 fully saturated rings. The van der Waals surface area contributed by atoms with E-state index in [9.17, 15) is 4.79 Å². The van der Waals surface area contributed by atoms with E-state index < -0.39 is 0 Å². The maximum Gasteiger partial charge on any atom is 0.293 e. The Balaban J connectivity index is 1.87. The number of aromatic nitrogens is 2. The van der Waals surface area contributed by atoms with Gasteiger partial charge in [-0.05, 0) is 38.8 Å². The molecule has 5 heteroatoms. The molecule has 0 radical (unpaired) electrons. The van der Waals surface area contributed by atoms with Crippen molar-refractivity contribution in [2.45, 2.75) is 45.3 Å². The van der Waals surface area contributed by atoms with Gasteiger partial charge in [-0.1, -0.05) is 30.3 Å². The number of anilines is 1. The number of aryl methyl sites for hydroxylation is 1. The average molecular weight is 312 g/mol. The topological polar surface area (TPSA) is 59.0 Å². The fraction of sp³-hybridized carbons (Fsp3) is 0.444. The predicted octanol–water partition coefficient (Wildman–Crippen LogP) is 2.48. The molecule has 1 aromatic carbocycles. The highest BCUT2D eigenvalue weighted by Crippen LogP contribution is 2.25. The number of nitrogens with one attached hydrogen (secondary N) is 2. The molecular formula is C18H24N4O. The Morgan fingerprint density at radius 2 is 2.13 bits per heavy atom. The Kier molecular flexibility index (Phi) is 4.76. The Bertz CT molecular complexity index is 711. The minimum Gasteiger partial charge on any atom is -0.361 e. The monoisotopic (exact) mass is 312 g/mol. The third-order valence-electron chi connectivity index (χ3n) is 4.51. The molecular weight excluding hydrogens is 288 g/mol. The number of benzene rings is 1. The number of rotatable bonds is 4. The summed E-state index contributed by atoms with van der Waals surface area (Å²) in [5, 5.41) is 6.96. The Hall–Kier alpha value is -2.14. The maximum atomic E-state index is 12.6. The number of hydrogen-bond acceptors (Lipinski definition) is 4. The number of nitrogens with zero attached hydrogens (tertiary/aromatic N) is 2. The lowest BCUT2D eigenvalue weighted by Crippen LogP contribution is -2.43. The van der Waals surface area contributed by atoms with Gasteiger partial charge in [-0.15, -0.1) is 0 Å². The van der Waals surface area contributed by atoms with E-state index in [1.807, 2.05) is 19.9 Å². The second-order valence-electron chi connectivity index (χ2n) is 6.03. The molecule has 1 saturated heterocycles. The number of hydrogen-bond donors (Lipinski definition) is 2. The molecule has 1 aliphatic rings. The molecule has 0 aliphatic carbocycles. The van der Waals surface area contributed by atoms with Crippen molar-refractivity contribution in [1.82, 2.24) is 14.9 Å². The number of piperidine rings is 1. The predicted molar refractivity (Wildman–Crippen MR) is 92.7 cm³/mol. The molecule has 2 heterocycles. The first-order valence-corrected chi connectivity index (χ1v) is 8.32. The second-order valence-corrected chi connectivity index (χ2v) is 6.03. The smallest absolute Gasteiger partial charge is 0.293 e. The molecule has 23 heavy (non-hydrogen) atoms. The Morgan fingerprint density at radius 3 is 2.87 bits per heavy atom. The van der Waals surface area contributed by atoms with Crippen LogP contribution in [-0.2, 0) is 6.54 Å². The maximum absolute atomic E-state index is 12.6. The summed E-state index contributed by atoms with van der Waals surface area (Å²) in [5.74, 6) is 0.451. The zero-order valence-corrected chi connectivity index (χ0v) is 13.7. The van der Waals surface area contributed by atoms with Crippen molar-refractivity contribution in [3.05, 3.63) is 58.1 Å². The highest BCUT2D eigenvalue weighted by Gasteiger charge is 2.27. The van der Waals surface area contributed by atoms with Gasteiger partial charge in [0.1, 0.15) is 0 Å². The van der Waals surface area contributed by atoms with Gasteiger partial charge in [-0.2, -0.15) is 0 Å². The van der Waals surface area contributed by atoms with E-state index in [0.29, 0.717) is 12.4 Å². The van der Waals surface area contributed by atoms with Gasteiger partial charge in [0, 0.05) is 24.5 Å². The van der Waals surface area contributed by atoms with Crippen LogP contribution in [0.5, 0.6) is 0 Å². The van der Waals surface area contributed by atoms with Gasteiger partial charge < -0.3 is 15.2 Å². The van der Waals surface area contributed by atoms with Gasteiger partial charge in [-0.25, -0.2) is 4.98 Å². The summed E-state index contributed by atoms with van der Waals surface area (Å²) in [6.45, 7) is 5.55. The zero-order chi connectivity index (χ0) is 16.2. The summed E-state index contributed by atoms with van der Waals surface area (Å²) in [4.78, 5) is 16.9. The standard InChI is InChI=1S/C18H24N4O/c1-3-22-13(2)12-20-17(18(22)23)21-15-10-7-11-19-16(15)14-8-5-4-6-9-14/h4-6,8-9,12,15-16,19H,3,7,10-11H2,1-2H3,(H,20,21)/t15-,16+/m1/s1. The summed E-state index contributed by atoms with van der Waals surface area (Å²) in [5.41, 5.74) is 2.10. The first-order chi connectivity index (χ1) is 11.2. The Morgan fingerprint density at radius 1 is 1.35 bits per heavy atom. The minimum absolute atomic E-state index is 0.0371. The fourth-order valence-corrected chi connectivity index (χ4v) is 3.29. The normalized spacial score (nSPS) is 21.1. The van der Waals surface area contributed by atoms with Crippen LogP contribution < -0.4 is 16.2 Å². The van der Waals surface area contributed by atoms with E-state index in [2.05, 4.69) is 39.9 Å². The van der Waals surface area contributed by atoms with Crippen LogP contribution in [0.1, 0.15) is 37.1 Å². The molecule has 0 amide bonds. The zero-order valence-electron chi connectivity index (χ0n) is 13.7. The van der Waals surface area contributed by atoms with Crippen LogP contribution in [0.15, 0.2) is 41.3 Å². The molecule has 0 spiro atoms. The van der Waals surface area contributed by atoms with Gasteiger partial charge in [0.05, 0.1) is 6.04 Å². The van der Waals surface area contributed by atoms with Gasteiger partial charge >= 0.3 is 0 Å². The second kappa shape index (κ2) is 6.96. The molecule has 1 aromatic heterocycles. The van der Waals surface area contributed by atoms with Crippen molar-refractivity contribution in [3.63, 3.8) is 0 Å². The molecule has 2 aromatic rings. The summed E-state index contributed by atoms with van der Waals surface area (Å²) >= 11 is 0. The molecule has 0 saturated carbocycles.